The van der Waals surface area contributed by atoms with E-state index in [4.69, 9.17) is 33.5 Å². The molecule has 0 radical (unpaired) electrons. The van der Waals surface area contributed by atoms with E-state index in [-0.39, 0.29) is 31.0 Å². The molecule has 2 saturated heterocycles. The van der Waals surface area contributed by atoms with E-state index in [1.54, 1.807) is 48.1 Å². The Balaban J connectivity index is 1.38. The topological polar surface area (TPSA) is 159 Å². The molecule has 0 amide bonds. The van der Waals surface area contributed by atoms with Crippen molar-refractivity contribution < 1.29 is 37.1 Å². The maximum absolute atomic E-state index is 13.6. The van der Waals surface area contributed by atoms with Gasteiger partial charge in [-0.3, -0.25) is 18.1 Å². The molecule has 0 saturated carbocycles. The number of nitrogens with zero attached hydrogens (tertiary/aromatic N) is 4. The number of hydrogen-bond acceptors (Lipinski definition) is 12. The summed E-state index contributed by atoms with van der Waals surface area (Å²) in [6.45, 7) is 5.83. The largest absolute Gasteiger partial charge is 0.476 e. The van der Waals surface area contributed by atoms with Crippen LogP contribution in [0.5, 0.6) is 5.88 Å². The summed E-state index contributed by atoms with van der Waals surface area (Å²) in [5.41, 5.74) is 7.22. The van der Waals surface area contributed by atoms with E-state index in [1.807, 2.05) is 13.8 Å². The highest BCUT2D eigenvalue weighted by Gasteiger charge is 2.53. The Morgan fingerprint density at radius 2 is 2.03 bits per heavy atom. The minimum Gasteiger partial charge on any atom is -0.476 e. The quantitative estimate of drug-likeness (QED) is 0.333. The van der Waals surface area contributed by atoms with Gasteiger partial charge in [0.2, 0.25) is 11.8 Å². The second kappa shape index (κ2) is 10.3. The lowest BCUT2D eigenvalue weighted by Crippen LogP contribution is -2.36. The number of anilines is 1. The first-order valence-electron chi connectivity index (χ1n) is 11.9. The van der Waals surface area contributed by atoms with Crippen molar-refractivity contribution in [1.29, 1.82) is 0 Å². The minimum absolute atomic E-state index is 0.0316. The van der Waals surface area contributed by atoms with Gasteiger partial charge in [-0.05, 0) is 19.4 Å². The fourth-order valence-corrected chi connectivity index (χ4v) is 6.04. The molecule has 4 heterocycles. The molecule has 0 aliphatic carbocycles. The van der Waals surface area contributed by atoms with E-state index in [9.17, 15) is 9.36 Å². The van der Waals surface area contributed by atoms with Gasteiger partial charge in [-0.25, -0.2) is 14.3 Å². The fourth-order valence-electron chi connectivity index (χ4n) is 4.44. The van der Waals surface area contributed by atoms with Gasteiger partial charge in [0.15, 0.2) is 17.3 Å². The van der Waals surface area contributed by atoms with Crippen LogP contribution in [0.15, 0.2) is 36.7 Å². The number of nitrogen functional groups attached to an aromatic ring is 1. The zero-order valence-corrected chi connectivity index (χ0v) is 21.4. The van der Waals surface area contributed by atoms with E-state index in [2.05, 4.69) is 15.0 Å². The van der Waals surface area contributed by atoms with Crippen molar-refractivity contribution in [2.24, 2.45) is 5.92 Å². The third-order valence-electron chi connectivity index (χ3n) is 6.10. The molecule has 2 aliphatic heterocycles. The molecule has 1 unspecified atom stereocenters. The third kappa shape index (κ3) is 4.92. The van der Waals surface area contributed by atoms with Crippen LogP contribution in [0.2, 0.25) is 0 Å². The van der Waals surface area contributed by atoms with Crippen LogP contribution in [0, 0.1) is 5.92 Å². The summed E-state index contributed by atoms with van der Waals surface area (Å²) >= 11 is 0. The molecule has 3 aromatic rings. The van der Waals surface area contributed by atoms with Crippen LogP contribution in [0.1, 0.15) is 38.7 Å². The molecule has 1 aromatic carbocycles. The summed E-state index contributed by atoms with van der Waals surface area (Å²) in [6, 6.07) is 8.61. The summed E-state index contributed by atoms with van der Waals surface area (Å²) in [7, 11) is -4.17. The van der Waals surface area contributed by atoms with Gasteiger partial charge in [-0.1, -0.05) is 37.3 Å². The molecule has 14 heteroatoms. The summed E-state index contributed by atoms with van der Waals surface area (Å²) in [4.78, 5) is 25.5. The Hall–Kier alpha value is -3.09. The van der Waals surface area contributed by atoms with Crippen LogP contribution in [0.25, 0.3) is 11.2 Å². The van der Waals surface area contributed by atoms with E-state index in [1.165, 1.54) is 0 Å². The summed E-state index contributed by atoms with van der Waals surface area (Å²) < 4.78 is 49.3. The molecule has 37 heavy (non-hydrogen) atoms. The number of fused-ring (bicyclic) bond motifs is 2. The van der Waals surface area contributed by atoms with Gasteiger partial charge in [0.05, 0.1) is 26.1 Å². The smallest absolute Gasteiger partial charge is 0.476 e. The third-order valence-corrected chi connectivity index (χ3v) is 7.53. The Bertz CT molecular complexity index is 1320. The normalized spacial score (nSPS) is 28.1. The number of nitrogens with two attached hydrogens (primary N) is 1. The first-order chi connectivity index (χ1) is 17.8. The lowest BCUT2D eigenvalue weighted by atomic mass is 10.0. The van der Waals surface area contributed by atoms with Gasteiger partial charge in [0.1, 0.15) is 18.4 Å². The Morgan fingerprint density at radius 3 is 2.76 bits per heavy atom. The number of phosphoric ester groups is 1. The molecule has 2 aromatic heterocycles. The van der Waals surface area contributed by atoms with Crippen LogP contribution in [0.3, 0.4) is 0 Å². The number of phosphoric acid groups is 1. The average Bonchev–Trinajstić information content (AvgIpc) is 3.44. The molecule has 2 aliphatic rings. The second-order valence-electron chi connectivity index (χ2n) is 8.53. The van der Waals surface area contributed by atoms with Gasteiger partial charge in [0.25, 0.3) is 0 Å². The van der Waals surface area contributed by atoms with E-state index < -0.39 is 38.3 Å². The van der Waals surface area contributed by atoms with Crippen molar-refractivity contribution in [2.45, 2.75) is 45.3 Å². The molecule has 0 spiro atoms. The monoisotopic (exact) mass is 533 g/mol. The summed E-state index contributed by atoms with van der Waals surface area (Å²) in [6.07, 6.45) is -1.53. The highest BCUT2D eigenvalue weighted by atomic mass is 31.2. The summed E-state index contributed by atoms with van der Waals surface area (Å²) in [5, 5.41) is 0. The van der Waals surface area contributed by atoms with E-state index in [0.717, 1.165) is 0 Å². The zero-order valence-electron chi connectivity index (χ0n) is 20.6. The number of ether oxygens (including phenoxy) is 3. The van der Waals surface area contributed by atoms with Crippen molar-refractivity contribution in [3.63, 3.8) is 0 Å². The van der Waals surface area contributed by atoms with Crippen LogP contribution >= 0.6 is 7.82 Å². The second-order valence-corrected chi connectivity index (χ2v) is 10.1. The van der Waals surface area contributed by atoms with Crippen molar-refractivity contribution in [3.8, 4) is 5.88 Å². The fraction of sp³-hybridized carbons (Fsp3) is 0.478. The standard InChI is InChI=1S/C23H28N5O8P/c1-4-31-20-16-19(26-23(24)27-20)28(12-25-16)21-13(3)17-15(34-21)11-33-37(30,35-17)36-18(22(29)32-5-2)14-9-7-6-8-10-14/h6-10,12-13,15,17-18,21H,4-5,11H2,1-3H3,(H2,24,26,27)/t13-,15+,17-,18?,21+,37+/m0/s1. The first kappa shape index (κ1) is 25.6. The number of benzene rings is 1. The maximum Gasteiger partial charge on any atom is 0.476 e. The van der Waals surface area contributed by atoms with Crippen LogP contribution in [-0.2, 0) is 32.4 Å². The molecule has 0 bridgehead atoms. The number of aromatic nitrogens is 4. The summed E-state index contributed by atoms with van der Waals surface area (Å²) in [5.74, 6) is -0.716. The van der Waals surface area contributed by atoms with Crippen molar-refractivity contribution in [2.75, 3.05) is 25.6 Å². The SMILES string of the molecule is CCOC(=O)C(O[P@]1(=O)OC[C@H]2O[C@@H](n3cnc4c(OCC)nc(N)nc43)[C@@H](C)[C@@H]2O1)c1ccccc1. The molecular weight excluding hydrogens is 505 g/mol. The Morgan fingerprint density at radius 1 is 1.24 bits per heavy atom. The number of hydrogen-bond donors (Lipinski definition) is 1. The number of rotatable bonds is 8. The first-order valence-corrected chi connectivity index (χ1v) is 13.4. The number of carbonyl (C=O) groups excluding carboxylic acids is 1. The molecule has 5 rings (SSSR count). The van der Waals surface area contributed by atoms with Crippen molar-refractivity contribution in [1.82, 2.24) is 19.5 Å². The van der Waals surface area contributed by atoms with E-state index >= 15 is 0 Å². The van der Waals surface area contributed by atoms with Crippen LogP contribution in [-0.4, -0.2) is 57.5 Å². The van der Waals surface area contributed by atoms with E-state index in [0.29, 0.717) is 23.3 Å². The highest BCUT2D eigenvalue weighted by Crippen LogP contribution is 2.60. The minimum atomic E-state index is -4.17. The molecule has 13 nitrogen and oxygen atoms in total. The van der Waals surface area contributed by atoms with Crippen LogP contribution < -0.4 is 10.5 Å². The number of carbonyl (C=O) groups is 1. The van der Waals surface area contributed by atoms with Crippen molar-refractivity contribution >= 4 is 30.9 Å². The molecule has 198 valence electrons. The lowest BCUT2D eigenvalue weighted by molar-refractivity contribution is -0.154. The predicted octanol–water partition coefficient (Wildman–Crippen LogP) is 3.19. The number of esters is 1. The molecular formula is C23H28N5O8P. The Kier molecular flexibility index (Phi) is 7.15. The average molecular weight is 533 g/mol. The van der Waals surface area contributed by atoms with Gasteiger partial charge in [-0.2, -0.15) is 9.97 Å². The van der Waals surface area contributed by atoms with Crippen molar-refractivity contribution in [3.05, 3.63) is 42.2 Å². The van der Waals surface area contributed by atoms with Gasteiger partial charge in [0, 0.05) is 5.92 Å². The maximum atomic E-state index is 13.6. The molecule has 2 N–H and O–H groups in total. The Labute approximate surface area is 212 Å². The molecule has 2 fully saturated rings. The van der Waals surface area contributed by atoms with Gasteiger partial charge >= 0.3 is 13.8 Å². The van der Waals surface area contributed by atoms with Gasteiger partial charge < -0.3 is 19.9 Å². The van der Waals surface area contributed by atoms with Gasteiger partial charge in [-0.15, -0.1) is 0 Å². The zero-order chi connectivity index (χ0) is 26.2. The number of imidazole rings is 1. The highest BCUT2D eigenvalue weighted by molar-refractivity contribution is 7.48. The molecule has 6 atom stereocenters. The van der Waals surface area contributed by atoms with Crippen LogP contribution in [0.4, 0.5) is 5.95 Å². The predicted molar refractivity (Wildman–Crippen MR) is 129 cm³/mol. The lowest BCUT2D eigenvalue weighted by Gasteiger charge is -2.32.